The van der Waals surface area contributed by atoms with Gasteiger partial charge in [-0.05, 0) is 6.42 Å². The summed E-state index contributed by atoms with van der Waals surface area (Å²) in [4.78, 5) is 11.8. The smallest absolute Gasteiger partial charge is 0.217 e. The van der Waals surface area contributed by atoms with E-state index in [0.717, 1.165) is 19.4 Å². The van der Waals surface area contributed by atoms with Crippen molar-refractivity contribution in [2.45, 2.75) is 38.9 Å². The van der Waals surface area contributed by atoms with Crippen LogP contribution in [0.15, 0.2) is 30.3 Å². The fourth-order valence-electron chi connectivity index (χ4n) is 1.86. The first-order valence-electron chi connectivity index (χ1n) is 6.38. The second kappa shape index (κ2) is 6.60. The maximum Gasteiger partial charge on any atom is 0.217 e. The Balaban J connectivity index is 2.52. The largest absolute Gasteiger partial charge is 0.356 e. The molecule has 1 aromatic rings. The highest BCUT2D eigenvalue weighted by molar-refractivity contribution is 6.91. The number of rotatable bonds is 6. The summed E-state index contributed by atoms with van der Waals surface area (Å²) in [6, 6.07) is 11.1. The first-order valence-corrected chi connectivity index (χ1v) is 9.59. The Morgan fingerprint density at radius 1 is 1.24 bits per heavy atom. The van der Waals surface area contributed by atoms with E-state index in [-0.39, 0.29) is 5.91 Å². The summed E-state index contributed by atoms with van der Waals surface area (Å²) < 4.78 is 0. The van der Waals surface area contributed by atoms with Gasteiger partial charge in [0, 0.05) is 12.6 Å². The molecule has 3 heteroatoms. The van der Waals surface area contributed by atoms with Gasteiger partial charge >= 0.3 is 0 Å². The molecule has 2 nitrogen and oxygen atoms in total. The Kier molecular flexibility index (Phi) is 5.42. The summed E-state index contributed by atoms with van der Waals surface area (Å²) in [7, 11) is -1.61. The predicted molar refractivity (Wildman–Crippen MR) is 76.3 cm³/mol. The molecule has 0 aliphatic carbocycles. The molecular formula is C14H23NOSi. The van der Waals surface area contributed by atoms with E-state index in [2.05, 4.69) is 49.6 Å². The molecule has 0 atom stereocenters. The predicted octanol–water partition coefficient (Wildman–Crippen LogP) is 2.52. The molecule has 1 aromatic carbocycles. The van der Waals surface area contributed by atoms with E-state index in [1.165, 1.54) is 5.19 Å². The van der Waals surface area contributed by atoms with Gasteiger partial charge in [-0.2, -0.15) is 0 Å². The van der Waals surface area contributed by atoms with Gasteiger partial charge in [0.2, 0.25) is 5.91 Å². The van der Waals surface area contributed by atoms with Crippen molar-refractivity contribution in [3.63, 3.8) is 0 Å². The average Bonchev–Trinajstić information content (AvgIpc) is 2.30. The van der Waals surface area contributed by atoms with Crippen LogP contribution in [0.3, 0.4) is 0 Å². The lowest BCUT2D eigenvalue weighted by molar-refractivity contribution is -0.119. The summed E-state index contributed by atoms with van der Waals surface area (Å²) >= 11 is 0. The first-order chi connectivity index (χ1) is 8.06. The monoisotopic (exact) mass is 249 g/mol. The molecule has 0 fully saturated rings. The van der Waals surface area contributed by atoms with Crippen molar-refractivity contribution in [2.75, 3.05) is 6.54 Å². The molecule has 0 heterocycles. The van der Waals surface area contributed by atoms with E-state index in [1.807, 2.05) is 6.07 Å². The van der Waals surface area contributed by atoms with E-state index < -0.39 is 8.07 Å². The van der Waals surface area contributed by atoms with Gasteiger partial charge in [0.15, 0.2) is 0 Å². The fraction of sp³-hybridized carbons (Fsp3) is 0.500. The Labute approximate surface area is 105 Å². The third kappa shape index (κ3) is 4.73. The third-order valence-electron chi connectivity index (χ3n) is 3.01. The summed E-state index contributed by atoms with van der Waals surface area (Å²) in [6.45, 7) is 7.45. The summed E-state index contributed by atoms with van der Waals surface area (Å²) in [6.07, 6.45) is 2.19. The molecule has 1 N–H and O–H groups in total. The SMILES string of the molecule is CCCCNC(=O)C[Si](C)(C)c1ccccc1. The highest BCUT2D eigenvalue weighted by atomic mass is 28.3. The van der Waals surface area contributed by atoms with Crippen molar-refractivity contribution in [1.82, 2.24) is 5.32 Å². The number of unbranched alkanes of at least 4 members (excludes halogenated alkanes) is 1. The average molecular weight is 249 g/mol. The number of hydrogen-bond acceptors (Lipinski definition) is 1. The number of carbonyl (C=O) groups is 1. The van der Waals surface area contributed by atoms with Gasteiger partial charge in [-0.1, -0.05) is 62.0 Å². The fourth-order valence-corrected chi connectivity index (χ4v) is 4.09. The van der Waals surface area contributed by atoms with Gasteiger partial charge in [-0.25, -0.2) is 0 Å². The molecule has 94 valence electrons. The number of nitrogens with one attached hydrogen (secondary N) is 1. The normalized spacial score (nSPS) is 11.2. The number of hydrogen-bond donors (Lipinski definition) is 1. The standard InChI is InChI=1S/C14H23NOSi/c1-4-5-11-15-14(16)12-17(2,3)13-9-7-6-8-10-13/h6-10H,4-5,11-12H2,1-3H3,(H,15,16). The maximum absolute atomic E-state index is 11.8. The molecule has 0 saturated carbocycles. The number of carbonyl (C=O) groups excluding carboxylic acids is 1. The van der Waals surface area contributed by atoms with Crippen LogP contribution in [-0.2, 0) is 4.79 Å². The van der Waals surface area contributed by atoms with E-state index in [0.29, 0.717) is 6.04 Å². The van der Waals surface area contributed by atoms with Crippen molar-refractivity contribution < 1.29 is 4.79 Å². The Morgan fingerprint density at radius 3 is 2.47 bits per heavy atom. The van der Waals surface area contributed by atoms with Gasteiger partial charge < -0.3 is 5.32 Å². The van der Waals surface area contributed by atoms with Crippen LogP contribution in [0.2, 0.25) is 19.1 Å². The lowest BCUT2D eigenvalue weighted by Crippen LogP contribution is -2.45. The molecule has 0 unspecified atom stereocenters. The van der Waals surface area contributed by atoms with Gasteiger partial charge in [-0.3, -0.25) is 4.79 Å². The highest BCUT2D eigenvalue weighted by Crippen LogP contribution is 2.09. The minimum Gasteiger partial charge on any atom is -0.356 e. The van der Waals surface area contributed by atoms with Crippen molar-refractivity contribution in [1.29, 1.82) is 0 Å². The zero-order valence-electron chi connectivity index (χ0n) is 11.1. The van der Waals surface area contributed by atoms with Crippen molar-refractivity contribution in [3.05, 3.63) is 30.3 Å². The topological polar surface area (TPSA) is 29.1 Å². The Hall–Kier alpha value is -1.09. The summed E-state index contributed by atoms with van der Waals surface area (Å²) in [5.74, 6) is 0.207. The minimum absolute atomic E-state index is 0.207. The van der Waals surface area contributed by atoms with Gasteiger partial charge in [0.05, 0.1) is 8.07 Å². The molecule has 0 spiro atoms. The van der Waals surface area contributed by atoms with E-state index in [1.54, 1.807) is 0 Å². The first kappa shape index (κ1) is 14.0. The number of amides is 1. The van der Waals surface area contributed by atoms with Crippen LogP contribution in [0, 0.1) is 0 Å². The van der Waals surface area contributed by atoms with E-state index in [9.17, 15) is 4.79 Å². The second-order valence-corrected chi connectivity index (χ2v) is 9.83. The lowest BCUT2D eigenvalue weighted by Gasteiger charge is -2.22. The molecule has 0 bridgehead atoms. The molecular weight excluding hydrogens is 226 g/mol. The summed E-state index contributed by atoms with van der Waals surface area (Å²) in [5.41, 5.74) is 0. The highest BCUT2D eigenvalue weighted by Gasteiger charge is 2.26. The van der Waals surface area contributed by atoms with Crippen molar-refractivity contribution in [2.24, 2.45) is 0 Å². The molecule has 0 saturated heterocycles. The molecule has 1 rings (SSSR count). The molecule has 0 aliphatic rings. The minimum atomic E-state index is -1.61. The van der Waals surface area contributed by atoms with Gasteiger partial charge in [0.1, 0.15) is 0 Å². The van der Waals surface area contributed by atoms with Crippen molar-refractivity contribution in [3.8, 4) is 0 Å². The molecule has 0 radical (unpaired) electrons. The maximum atomic E-state index is 11.8. The summed E-state index contributed by atoms with van der Waals surface area (Å²) in [5, 5.41) is 4.36. The van der Waals surface area contributed by atoms with E-state index in [4.69, 9.17) is 0 Å². The van der Waals surface area contributed by atoms with Crippen molar-refractivity contribution >= 4 is 19.2 Å². The van der Waals surface area contributed by atoms with Crippen LogP contribution in [0.1, 0.15) is 19.8 Å². The lowest BCUT2D eigenvalue weighted by atomic mass is 10.3. The Bertz CT molecular complexity index is 348. The van der Waals surface area contributed by atoms with Crippen LogP contribution in [0.5, 0.6) is 0 Å². The number of benzene rings is 1. The third-order valence-corrected chi connectivity index (χ3v) is 6.11. The van der Waals surface area contributed by atoms with Gasteiger partial charge in [-0.15, -0.1) is 0 Å². The quantitative estimate of drug-likeness (QED) is 0.609. The van der Waals surface area contributed by atoms with Crippen LogP contribution < -0.4 is 10.5 Å². The Morgan fingerprint density at radius 2 is 1.88 bits per heavy atom. The van der Waals surface area contributed by atoms with Crippen LogP contribution in [0.4, 0.5) is 0 Å². The second-order valence-electron chi connectivity index (χ2n) is 5.13. The molecule has 17 heavy (non-hydrogen) atoms. The van der Waals surface area contributed by atoms with Gasteiger partial charge in [0.25, 0.3) is 0 Å². The van der Waals surface area contributed by atoms with Crippen LogP contribution in [-0.4, -0.2) is 20.5 Å². The zero-order valence-corrected chi connectivity index (χ0v) is 12.1. The molecule has 1 amide bonds. The zero-order chi connectivity index (χ0) is 12.7. The van der Waals surface area contributed by atoms with Crippen LogP contribution in [0.25, 0.3) is 0 Å². The molecule has 0 aromatic heterocycles. The van der Waals surface area contributed by atoms with Crippen LogP contribution >= 0.6 is 0 Å². The van der Waals surface area contributed by atoms with E-state index >= 15 is 0 Å². The molecule has 0 aliphatic heterocycles.